The average molecular weight is 326 g/mol. The molecule has 0 amide bonds. The molecule has 0 saturated heterocycles. The lowest BCUT2D eigenvalue weighted by Crippen LogP contribution is -2.02. The molecular formula is C14H17BrFN3. The predicted octanol–water partition coefficient (Wildman–Crippen LogP) is 4.06. The number of nitrogens with one attached hydrogen (secondary N) is 1. The highest BCUT2D eigenvalue weighted by Gasteiger charge is 2.11. The molecule has 3 nitrogen and oxygen atoms in total. The topological polar surface area (TPSA) is 29.9 Å². The van der Waals surface area contributed by atoms with Crippen molar-refractivity contribution in [1.29, 1.82) is 0 Å². The van der Waals surface area contributed by atoms with Crippen LogP contribution in [0.25, 0.3) is 0 Å². The molecular weight excluding hydrogens is 309 g/mol. The summed E-state index contributed by atoms with van der Waals surface area (Å²) in [4.78, 5) is 0. The minimum Gasteiger partial charge on any atom is -0.381 e. The largest absolute Gasteiger partial charge is 0.381 e. The number of aryl methyl sites for hydroxylation is 1. The maximum absolute atomic E-state index is 13.1. The Kier molecular flexibility index (Phi) is 4.24. The number of nitrogens with zero attached hydrogens (tertiary/aromatic N) is 2. The van der Waals surface area contributed by atoms with Crippen LogP contribution in [0.2, 0.25) is 0 Å². The van der Waals surface area contributed by atoms with E-state index in [-0.39, 0.29) is 5.82 Å². The van der Waals surface area contributed by atoms with Gasteiger partial charge >= 0.3 is 0 Å². The summed E-state index contributed by atoms with van der Waals surface area (Å²) in [5.74, 6) is 0.132. The first-order valence-corrected chi connectivity index (χ1v) is 6.98. The molecule has 0 saturated carbocycles. The summed E-state index contributed by atoms with van der Waals surface area (Å²) in [6, 6.07) is 4.91. The van der Waals surface area contributed by atoms with Gasteiger partial charge in [-0.3, -0.25) is 4.68 Å². The number of hydrogen-bond donors (Lipinski definition) is 1. The lowest BCUT2D eigenvalue weighted by atomic mass is 10.1. The molecule has 19 heavy (non-hydrogen) atoms. The molecule has 1 aromatic carbocycles. The third kappa shape index (κ3) is 3.35. The van der Waals surface area contributed by atoms with Gasteiger partial charge in [0.15, 0.2) is 0 Å². The van der Waals surface area contributed by atoms with E-state index in [1.807, 2.05) is 17.9 Å². The summed E-state index contributed by atoms with van der Waals surface area (Å²) in [5, 5.41) is 7.75. The van der Waals surface area contributed by atoms with Gasteiger partial charge in [-0.25, -0.2) is 4.39 Å². The Hall–Kier alpha value is -1.36. The van der Waals surface area contributed by atoms with Crippen LogP contribution in [0, 0.1) is 5.82 Å². The smallest absolute Gasteiger partial charge is 0.137 e. The molecule has 1 aromatic heterocycles. The minimum atomic E-state index is -0.255. The normalized spacial score (nSPS) is 11.1. The fraction of sp³-hybridized carbons (Fsp3) is 0.357. The van der Waals surface area contributed by atoms with Gasteiger partial charge in [-0.15, -0.1) is 0 Å². The molecule has 102 valence electrons. The van der Waals surface area contributed by atoms with Crippen molar-refractivity contribution < 1.29 is 4.39 Å². The van der Waals surface area contributed by atoms with Crippen molar-refractivity contribution in [2.24, 2.45) is 7.05 Å². The van der Waals surface area contributed by atoms with E-state index in [4.69, 9.17) is 0 Å². The molecule has 0 unspecified atom stereocenters. The zero-order valence-electron chi connectivity index (χ0n) is 11.2. The van der Waals surface area contributed by atoms with Gasteiger partial charge in [0.1, 0.15) is 5.82 Å². The number of hydrogen-bond acceptors (Lipinski definition) is 2. The summed E-state index contributed by atoms with van der Waals surface area (Å²) < 4.78 is 15.4. The SMILES string of the molecule is CC(C)c1nn(C)cc1CNc1ccc(F)c(Br)c1. The number of rotatable bonds is 4. The van der Waals surface area contributed by atoms with Crippen molar-refractivity contribution in [3.8, 4) is 0 Å². The number of halogens is 2. The van der Waals surface area contributed by atoms with Gasteiger partial charge in [-0.05, 0) is 40.0 Å². The van der Waals surface area contributed by atoms with Crippen LogP contribution in [0.5, 0.6) is 0 Å². The fourth-order valence-electron chi connectivity index (χ4n) is 1.98. The number of benzene rings is 1. The molecule has 5 heteroatoms. The van der Waals surface area contributed by atoms with Crippen molar-refractivity contribution in [2.75, 3.05) is 5.32 Å². The maximum atomic E-state index is 13.1. The van der Waals surface area contributed by atoms with Crippen molar-refractivity contribution >= 4 is 21.6 Å². The molecule has 2 rings (SSSR count). The van der Waals surface area contributed by atoms with E-state index < -0.39 is 0 Å². The monoisotopic (exact) mass is 325 g/mol. The van der Waals surface area contributed by atoms with Gasteiger partial charge in [0.05, 0.1) is 10.2 Å². The molecule has 2 aromatic rings. The Morgan fingerprint density at radius 2 is 2.16 bits per heavy atom. The minimum absolute atomic E-state index is 0.255. The molecule has 0 aliphatic carbocycles. The lowest BCUT2D eigenvalue weighted by Gasteiger charge is -2.08. The summed E-state index contributed by atoms with van der Waals surface area (Å²) >= 11 is 3.18. The lowest BCUT2D eigenvalue weighted by molar-refractivity contribution is 0.621. The van der Waals surface area contributed by atoms with Crippen LogP contribution in [-0.2, 0) is 13.6 Å². The van der Waals surface area contributed by atoms with Gasteiger partial charge < -0.3 is 5.32 Å². The number of aromatic nitrogens is 2. The molecule has 0 aliphatic heterocycles. The van der Waals surface area contributed by atoms with Crippen molar-refractivity contribution in [3.05, 3.63) is 45.9 Å². The summed E-state index contributed by atoms with van der Waals surface area (Å²) in [5.41, 5.74) is 3.14. The molecule has 0 fully saturated rings. The zero-order valence-corrected chi connectivity index (χ0v) is 12.8. The molecule has 0 spiro atoms. The van der Waals surface area contributed by atoms with E-state index >= 15 is 0 Å². The Bertz CT molecular complexity index is 578. The third-order valence-electron chi connectivity index (χ3n) is 2.89. The Morgan fingerprint density at radius 3 is 2.79 bits per heavy atom. The molecule has 0 aliphatic rings. The van der Waals surface area contributed by atoms with Crippen LogP contribution >= 0.6 is 15.9 Å². The van der Waals surface area contributed by atoms with E-state index in [9.17, 15) is 4.39 Å². The Morgan fingerprint density at radius 1 is 1.42 bits per heavy atom. The first-order chi connectivity index (χ1) is 8.97. The summed E-state index contributed by atoms with van der Waals surface area (Å²) in [6.45, 7) is 4.93. The second-order valence-corrected chi connectivity index (χ2v) is 5.70. The van der Waals surface area contributed by atoms with Gasteiger partial charge in [-0.1, -0.05) is 13.8 Å². The van der Waals surface area contributed by atoms with E-state index in [1.165, 1.54) is 6.07 Å². The van der Waals surface area contributed by atoms with Crippen LogP contribution in [0.3, 0.4) is 0 Å². The van der Waals surface area contributed by atoms with Crippen LogP contribution < -0.4 is 5.32 Å². The van der Waals surface area contributed by atoms with Crippen molar-refractivity contribution in [2.45, 2.75) is 26.3 Å². The second kappa shape index (κ2) is 5.74. The van der Waals surface area contributed by atoms with Gasteiger partial charge in [0.25, 0.3) is 0 Å². The highest BCUT2D eigenvalue weighted by Crippen LogP contribution is 2.22. The molecule has 1 N–H and O–H groups in total. The van der Waals surface area contributed by atoms with Crippen LogP contribution in [0.4, 0.5) is 10.1 Å². The first-order valence-electron chi connectivity index (χ1n) is 6.18. The molecule has 0 atom stereocenters. The van der Waals surface area contributed by atoms with Crippen molar-refractivity contribution in [3.63, 3.8) is 0 Å². The molecule has 1 heterocycles. The Labute approximate surface area is 121 Å². The molecule has 0 bridgehead atoms. The maximum Gasteiger partial charge on any atom is 0.137 e. The zero-order chi connectivity index (χ0) is 14.0. The number of anilines is 1. The molecule has 0 radical (unpaired) electrons. The van der Waals surface area contributed by atoms with E-state index in [0.29, 0.717) is 16.9 Å². The highest BCUT2D eigenvalue weighted by molar-refractivity contribution is 9.10. The highest BCUT2D eigenvalue weighted by atomic mass is 79.9. The van der Waals surface area contributed by atoms with Gasteiger partial charge in [0.2, 0.25) is 0 Å². The second-order valence-electron chi connectivity index (χ2n) is 4.85. The van der Waals surface area contributed by atoms with E-state index in [1.54, 1.807) is 12.1 Å². The van der Waals surface area contributed by atoms with Crippen LogP contribution in [0.15, 0.2) is 28.9 Å². The first kappa shape index (κ1) is 14.1. The van der Waals surface area contributed by atoms with Gasteiger partial charge in [0, 0.05) is 31.0 Å². The predicted molar refractivity (Wildman–Crippen MR) is 78.7 cm³/mol. The average Bonchev–Trinajstić information content (AvgIpc) is 2.72. The van der Waals surface area contributed by atoms with E-state index in [0.717, 1.165) is 16.9 Å². The van der Waals surface area contributed by atoms with Crippen LogP contribution in [-0.4, -0.2) is 9.78 Å². The third-order valence-corrected chi connectivity index (χ3v) is 3.49. The van der Waals surface area contributed by atoms with E-state index in [2.05, 4.69) is 40.2 Å². The fourth-order valence-corrected chi connectivity index (χ4v) is 2.36. The van der Waals surface area contributed by atoms with Crippen molar-refractivity contribution in [1.82, 2.24) is 9.78 Å². The van der Waals surface area contributed by atoms with Gasteiger partial charge in [-0.2, -0.15) is 5.10 Å². The van der Waals surface area contributed by atoms with Crippen LogP contribution in [0.1, 0.15) is 31.0 Å². The standard InChI is InChI=1S/C14H17BrFN3/c1-9(2)14-10(8-19(3)18-14)7-17-11-4-5-13(16)12(15)6-11/h4-6,8-9,17H,7H2,1-3H3. The quantitative estimate of drug-likeness (QED) is 0.918. The summed E-state index contributed by atoms with van der Waals surface area (Å²) in [7, 11) is 1.92. The summed E-state index contributed by atoms with van der Waals surface area (Å²) in [6.07, 6.45) is 2.01. The Balaban J connectivity index is 2.12.